The molecule has 1 aliphatic heterocycles. The van der Waals surface area contributed by atoms with Gasteiger partial charge in [0.25, 0.3) is 0 Å². The summed E-state index contributed by atoms with van der Waals surface area (Å²) >= 11 is 6.84. The Balaban J connectivity index is 2.20. The Bertz CT molecular complexity index is 499. The maximum absolute atomic E-state index is 5.20. The van der Waals surface area contributed by atoms with E-state index in [2.05, 4.69) is 40.2 Å². The summed E-state index contributed by atoms with van der Waals surface area (Å²) in [6.45, 7) is 1.98. The van der Waals surface area contributed by atoms with Crippen molar-refractivity contribution in [3.05, 3.63) is 34.7 Å². The molecule has 0 N–H and O–H groups in total. The highest BCUT2D eigenvalue weighted by atomic mass is 32.2. The number of thiocarbonyl (C=S) groups is 1. The zero-order chi connectivity index (χ0) is 12.4. The van der Waals surface area contributed by atoms with Gasteiger partial charge in [-0.05, 0) is 30.7 Å². The van der Waals surface area contributed by atoms with Crippen molar-refractivity contribution >= 4 is 45.8 Å². The molecule has 2 rings (SSSR count). The number of hydrogen-bond acceptors (Lipinski definition) is 3. The molecular weight excluding hydrogens is 248 g/mol. The Morgan fingerprint density at radius 1 is 1.24 bits per heavy atom. The van der Waals surface area contributed by atoms with Crippen LogP contribution in [-0.4, -0.2) is 24.1 Å². The molecule has 17 heavy (non-hydrogen) atoms. The SMILES string of the molecule is CC1=NC(=S)/C(=C\c2ccc(N(C)C)cc2)S1. The summed E-state index contributed by atoms with van der Waals surface area (Å²) < 4.78 is 0. The number of hydrogen-bond donors (Lipinski definition) is 0. The minimum absolute atomic E-state index is 0.698. The number of rotatable bonds is 2. The van der Waals surface area contributed by atoms with Gasteiger partial charge in [-0.2, -0.15) is 0 Å². The van der Waals surface area contributed by atoms with E-state index in [9.17, 15) is 0 Å². The Kier molecular flexibility index (Phi) is 3.64. The zero-order valence-corrected chi connectivity index (χ0v) is 11.7. The molecular formula is C13H14N2S2. The van der Waals surface area contributed by atoms with Crippen molar-refractivity contribution in [3.63, 3.8) is 0 Å². The minimum Gasteiger partial charge on any atom is -0.378 e. The first-order chi connectivity index (χ1) is 8.06. The van der Waals surface area contributed by atoms with Crippen molar-refractivity contribution in [2.45, 2.75) is 6.92 Å². The second kappa shape index (κ2) is 5.02. The van der Waals surface area contributed by atoms with Gasteiger partial charge in [-0.15, -0.1) is 0 Å². The summed E-state index contributed by atoms with van der Waals surface area (Å²) in [5.74, 6) is 0. The van der Waals surface area contributed by atoms with Gasteiger partial charge in [-0.1, -0.05) is 36.1 Å². The average molecular weight is 262 g/mol. The van der Waals surface area contributed by atoms with E-state index in [1.165, 1.54) is 5.69 Å². The van der Waals surface area contributed by atoms with Crippen molar-refractivity contribution < 1.29 is 0 Å². The van der Waals surface area contributed by atoms with Crippen LogP contribution in [0.25, 0.3) is 6.08 Å². The zero-order valence-electron chi connectivity index (χ0n) is 10.1. The quantitative estimate of drug-likeness (QED) is 0.598. The van der Waals surface area contributed by atoms with Crippen LogP contribution < -0.4 is 4.90 Å². The fourth-order valence-electron chi connectivity index (χ4n) is 1.53. The smallest absolute Gasteiger partial charge is 0.141 e. The molecule has 0 aromatic heterocycles. The topological polar surface area (TPSA) is 15.6 Å². The Labute approximate surface area is 111 Å². The van der Waals surface area contributed by atoms with E-state index in [1.54, 1.807) is 11.8 Å². The monoisotopic (exact) mass is 262 g/mol. The molecule has 88 valence electrons. The molecule has 1 heterocycles. The summed E-state index contributed by atoms with van der Waals surface area (Å²) in [5, 5.41) is 1.02. The normalized spacial score (nSPS) is 17.5. The lowest BCUT2D eigenvalue weighted by molar-refractivity contribution is 1.13. The number of aliphatic imine (C=N–C) groups is 1. The molecule has 0 saturated heterocycles. The van der Waals surface area contributed by atoms with Gasteiger partial charge in [0.1, 0.15) is 4.99 Å². The van der Waals surface area contributed by atoms with Crippen LogP contribution in [0.4, 0.5) is 5.69 Å². The Morgan fingerprint density at radius 3 is 2.35 bits per heavy atom. The fourth-order valence-corrected chi connectivity index (χ4v) is 2.70. The molecule has 0 atom stereocenters. The molecule has 1 aliphatic rings. The van der Waals surface area contributed by atoms with Crippen LogP contribution in [-0.2, 0) is 0 Å². The molecule has 0 aliphatic carbocycles. The van der Waals surface area contributed by atoms with Gasteiger partial charge in [0, 0.05) is 19.8 Å². The first kappa shape index (κ1) is 12.3. The molecule has 4 heteroatoms. The van der Waals surface area contributed by atoms with Crippen molar-refractivity contribution in [1.82, 2.24) is 0 Å². The van der Waals surface area contributed by atoms with Gasteiger partial charge in [0.2, 0.25) is 0 Å². The Hall–Kier alpha value is -1.13. The summed E-state index contributed by atoms with van der Waals surface area (Å²) in [6.07, 6.45) is 2.09. The largest absolute Gasteiger partial charge is 0.378 e. The van der Waals surface area contributed by atoms with E-state index < -0.39 is 0 Å². The van der Waals surface area contributed by atoms with Crippen LogP contribution >= 0.6 is 24.0 Å². The molecule has 2 nitrogen and oxygen atoms in total. The van der Waals surface area contributed by atoms with Gasteiger partial charge in [-0.25, -0.2) is 4.99 Å². The molecule has 0 unspecified atom stereocenters. The lowest BCUT2D eigenvalue weighted by Gasteiger charge is -2.11. The lowest BCUT2D eigenvalue weighted by atomic mass is 10.2. The van der Waals surface area contributed by atoms with Crippen molar-refractivity contribution in [1.29, 1.82) is 0 Å². The van der Waals surface area contributed by atoms with E-state index in [1.807, 2.05) is 21.0 Å². The molecule has 0 radical (unpaired) electrons. The third-order valence-electron chi connectivity index (χ3n) is 2.43. The summed E-state index contributed by atoms with van der Waals surface area (Å²) in [7, 11) is 4.07. The predicted octanol–water partition coefficient (Wildman–Crippen LogP) is 3.59. The van der Waals surface area contributed by atoms with Crippen LogP contribution in [0.5, 0.6) is 0 Å². The van der Waals surface area contributed by atoms with E-state index in [-0.39, 0.29) is 0 Å². The second-order valence-electron chi connectivity index (χ2n) is 4.03. The fraction of sp³-hybridized carbons (Fsp3) is 0.231. The molecule has 0 spiro atoms. The first-order valence-electron chi connectivity index (χ1n) is 5.33. The Morgan fingerprint density at radius 2 is 1.88 bits per heavy atom. The van der Waals surface area contributed by atoms with Gasteiger partial charge >= 0.3 is 0 Å². The lowest BCUT2D eigenvalue weighted by Crippen LogP contribution is -2.07. The van der Waals surface area contributed by atoms with E-state index in [0.29, 0.717) is 4.99 Å². The second-order valence-corrected chi connectivity index (χ2v) is 5.65. The predicted molar refractivity (Wildman–Crippen MR) is 82.0 cm³/mol. The molecule has 0 bridgehead atoms. The van der Waals surface area contributed by atoms with Crippen molar-refractivity contribution in [3.8, 4) is 0 Å². The third kappa shape index (κ3) is 2.96. The van der Waals surface area contributed by atoms with Crippen molar-refractivity contribution in [2.24, 2.45) is 4.99 Å². The molecule has 1 aromatic rings. The maximum atomic E-state index is 5.20. The highest BCUT2D eigenvalue weighted by molar-refractivity contribution is 8.19. The van der Waals surface area contributed by atoms with Gasteiger partial charge in [0.05, 0.1) is 9.95 Å². The molecule has 0 saturated carbocycles. The van der Waals surface area contributed by atoms with Crippen LogP contribution in [0.15, 0.2) is 34.2 Å². The van der Waals surface area contributed by atoms with Crippen LogP contribution in [0.1, 0.15) is 12.5 Å². The number of thioether (sulfide) groups is 1. The molecule has 1 aromatic carbocycles. The first-order valence-corrected chi connectivity index (χ1v) is 6.55. The molecule has 0 amide bonds. The van der Waals surface area contributed by atoms with Gasteiger partial charge < -0.3 is 4.90 Å². The van der Waals surface area contributed by atoms with Crippen molar-refractivity contribution in [2.75, 3.05) is 19.0 Å². The maximum Gasteiger partial charge on any atom is 0.141 e. The summed E-state index contributed by atoms with van der Waals surface area (Å²) in [5.41, 5.74) is 2.35. The number of anilines is 1. The number of nitrogens with zero attached hydrogens (tertiary/aromatic N) is 2. The van der Waals surface area contributed by atoms with Crippen LogP contribution in [0.2, 0.25) is 0 Å². The number of benzene rings is 1. The van der Waals surface area contributed by atoms with Gasteiger partial charge in [-0.3, -0.25) is 0 Å². The standard InChI is InChI=1S/C13H14N2S2/c1-9-14-13(16)12(17-9)8-10-4-6-11(7-5-10)15(2)3/h4-8H,1-3H3/b12-8+. The molecule has 0 fully saturated rings. The highest BCUT2D eigenvalue weighted by Crippen LogP contribution is 2.29. The van der Waals surface area contributed by atoms with Gasteiger partial charge in [0.15, 0.2) is 0 Å². The average Bonchev–Trinajstić information content (AvgIpc) is 2.58. The minimum atomic E-state index is 0.698. The highest BCUT2D eigenvalue weighted by Gasteiger charge is 2.14. The summed E-state index contributed by atoms with van der Waals surface area (Å²) in [6, 6.07) is 8.39. The van der Waals surface area contributed by atoms with E-state index >= 15 is 0 Å². The van der Waals surface area contributed by atoms with Crippen LogP contribution in [0, 0.1) is 0 Å². The summed E-state index contributed by atoms with van der Waals surface area (Å²) in [4.78, 5) is 8.09. The third-order valence-corrected chi connectivity index (χ3v) is 3.79. The van der Waals surface area contributed by atoms with E-state index in [4.69, 9.17) is 12.2 Å². The van der Waals surface area contributed by atoms with E-state index in [0.717, 1.165) is 15.5 Å². The van der Waals surface area contributed by atoms with Crippen LogP contribution in [0.3, 0.4) is 0 Å².